The number of fused-ring (bicyclic) bond motifs is 2. The number of aryl methyl sites for hydroxylation is 1. The molecule has 2 fully saturated rings. The number of aromatic nitrogens is 2. The number of benzene rings is 1. The van der Waals surface area contributed by atoms with Crippen molar-refractivity contribution in [3.63, 3.8) is 0 Å². The van der Waals surface area contributed by atoms with Gasteiger partial charge in [-0.3, -0.25) is 4.84 Å². The van der Waals surface area contributed by atoms with Crippen molar-refractivity contribution < 1.29 is 23.6 Å². The van der Waals surface area contributed by atoms with Crippen LogP contribution in [0.25, 0.3) is 0 Å². The number of rotatable bonds is 9. The molecule has 0 aliphatic carbocycles. The number of carbonyl (C=O) groups is 2. The topological polar surface area (TPSA) is 110 Å². The first-order chi connectivity index (χ1) is 15.5. The molecule has 2 atom stereocenters. The summed E-state index contributed by atoms with van der Waals surface area (Å²) in [6.45, 7) is 4.98. The molecule has 1 N–H and O–H groups in total. The maximum atomic E-state index is 12.9. The first-order valence-electron chi connectivity index (χ1n) is 11.0. The van der Waals surface area contributed by atoms with Gasteiger partial charge >= 0.3 is 12.1 Å². The largest absolute Gasteiger partial charge is 0.447 e. The van der Waals surface area contributed by atoms with E-state index in [0.29, 0.717) is 44.3 Å². The second kappa shape index (κ2) is 9.99. The van der Waals surface area contributed by atoms with Gasteiger partial charge in [0.05, 0.1) is 12.1 Å². The van der Waals surface area contributed by atoms with Crippen molar-refractivity contribution in [1.29, 1.82) is 0 Å². The van der Waals surface area contributed by atoms with Gasteiger partial charge in [0.1, 0.15) is 12.6 Å². The van der Waals surface area contributed by atoms with Crippen LogP contribution in [-0.2, 0) is 22.6 Å². The van der Waals surface area contributed by atoms with Crippen molar-refractivity contribution in [2.75, 3.05) is 13.1 Å². The lowest BCUT2D eigenvalue weighted by atomic mass is 10.0. The molecular formula is C22H29N5O5. The lowest BCUT2D eigenvalue weighted by molar-refractivity contribution is -0.140. The zero-order valence-corrected chi connectivity index (χ0v) is 18.4. The maximum Gasteiger partial charge on any atom is 0.407 e. The van der Waals surface area contributed by atoms with Gasteiger partial charge in [0.25, 0.3) is 0 Å². The minimum Gasteiger partial charge on any atom is -0.447 e. The monoisotopic (exact) mass is 443 g/mol. The van der Waals surface area contributed by atoms with E-state index in [9.17, 15) is 9.59 Å². The number of hydrogen-bond acceptors (Lipinski definition) is 7. The molecule has 3 heterocycles. The number of nitrogens with zero attached hydrogens (tertiary/aromatic N) is 4. The van der Waals surface area contributed by atoms with Gasteiger partial charge in [-0.1, -0.05) is 30.3 Å². The van der Waals surface area contributed by atoms with Crippen LogP contribution in [-0.4, -0.2) is 57.5 Å². The van der Waals surface area contributed by atoms with Crippen LogP contribution in [0, 0.1) is 0 Å². The summed E-state index contributed by atoms with van der Waals surface area (Å²) in [7, 11) is 0. The number of piperidine rings is 1. The molecule has 10 nitrogen and oxygen atoms in total. The van der Waals surface area contributed by atoms with Crippen LogP contribution >= 0.6 is 0 Å². The molecule has 0 spiro atoms. The van der Waals surface area contributed by atoms with Crippen molar-refractivity contribution >= 4 is 12.1 Å². The van der Waals surface area contributed by atoms with Crippen LogP contribution in [0.4, 0.5) is 9.59 Å². The molecule has 2 aromatic rings. The quantitative estimate of drug-likeness (QED) is 0.593. The standard InChI is InChI=1S/C22H29N5O5/c1-15(2)31-21(28)23-12-6-9-19-24-25-20(32-19)18-11-10-17-13-26(18)22(29)27(17)30-14-16-7-4-3-5-8-16/h3-5,7-8,15,17-18H,6,9-14H2,1-2H3,(H,23,28). The molecule has 10 heteroatoms. The first-order valence-corrected chi connectivity index (χ1v) is 11.0. The van der Waals surface area contributed by atoms with E-state index >= 15 is 0 Å². The average molecular weight is 444 g/mol. The number of urea groups is 1. The highest BCUT2D eigenvalue weighted by Gasteiger charge is 2.47. The fourth-order valence-corrected chi connectivity index (χ4v) is 3.96. The van der Waals surface area contributed by atoms with E-state index in [0.717, 1.165) is 18.4 Å². The lowest BCUT2D eigenvalue weighted by Crippen LogP contribution is -2.34. The number of hydroxylamine groups is 2. The first kappa shape index (κ1) is 22.1. The third kappa shape index (κ3) is 5.18. The van der Waals surface area contributed by atoms with Crippen molar-refractivity contribution in [2.24, 2.45) is 0 Å². The molecule has 2 unspecified atom stereocenters. The third-order valence-corrected chi connectivity index (χ3v) is 5.48. The maximum absolute atomic E-state index is 12.9. The predicted molar refractivity (Wildman–Crippen MR) is 113 cm³/mol. The van der Waals surface area contributed by atoms with Crippen LogP contribution in [0.5, 0.6) is 0 Å². The SMILES string of the molecule is CC(C)OC(=O)NCCCc1nnc(C2CCC3CN2C(=O)N3OCc2ccccc2)o1. The van der Waals surface area contributed by atoms with E-state index in [1.807, 2.05) is 30.3 Å². The number of alkyl carbamates (subject to hydrolysis) is 1. The van der Waals surface area contributed by atoms with E-state index in [-0.39, 0.29) is 24.2 Å². The van der Waals surface area contributed by atoms with Gasteiger partial charge < -0.3 is 19.4 Å². The summed E-state index contributed by atoms with van der Waals surface area (Å²) in [4.78, 5) is 32.0. The van der Waals surface area contributed by atoms with Crippen LogP contribution < -0.4 is 5.32 Å². The van der Waals surface area contributed by atoms with E-state index in [1.165, 1.54) is 5.06 Å². The Hall–Kier alpha value is -3.14. The molecule has 3 amide bonds. The number of nitrogens with one attached hydrogen (secondary N) is 1. The lowest BCUT2D eigenvalue weighted by Gasteiger charge is -2.27. The Kier molecular flexibility index (Phi) is 6.89. The van der Waals surface area contributed by atoms with E-state index in [4.69, 9.17) is 14.0 Å². The number of hydrogen-bond donors (Lipinski definition) is 1. The van der Waals surface area contributed by atoms with Gasteiger partial charge in [-0.25, -0.2) is 9.59 Å². The minimum absolute atomic E-state index is 0.0292. The Morgan fingerprint density at radius 3 is 2.84 bits per heavy atom. The molecule has 4 rings (SSSR count). The molecule has 0 radical (unpaired) electrons. The molecule has 2 aliphatic rings. The fraction of sp³-hybridized carbons (Fsp3) is 0.545. The van der Waals surface area contributed by atoms with Crippen molar-refractivity contribution in [3.8, 4) is 0 Å². The Morgan fingerprint density at radius 1 is 1.25 bits per heavy atom. The van der Waals surface area contributed by atoms with E-state index < -0.39 is 6.09 Å². The molecular weight excluding hydrogens is 414 g/mol. The van der Waals surface area contributed by atoms with Crippen LogP contribution in [0.15, 0.2) is 34.7 Å². The summed E-state index contributed by atoms with van der Waals surface area (Å²) < 4.78 is 10.9. The molecule has 32 heavy (non-hydrogen) atoms. The van der Waals surface area contributed by atoms with Gasteiger partial charge in [-0.05, 0) is 38.7 Å². The van der Waals surface area contributed by atoms with E-state index in [2.05, 4.69) is 15.5 Å². The van der Waals surface area contributed by atoms with Crippen molar-refractivity contribution in [1.82, 2.24) is 25.5 Å². The van der Waals surface area contributed by atoms with Crippen LogP contribution in [0.3, 0.4) is 0 Å². The van der Waals surface area contributed by atoms with E-state index in [1.54, 1.807) is 18.7 Å². The van der Waals surface area contributed by atoms with Gasteiger partial charge in [-0.2, -0.15) is 5.06 Å². The number of carbonyl (C=O) groups excluding carboxylic acids is 2. The summed E-state index contributed by atoms with van der Waals surface area (Å²) >= 11 is 0. The van der Waals surface area contributed by atoms with Gasteiger partial charge in [0, 0.05) is 19.5 Å². The third-order valence-electron chi connectivity index (χ3n) is 5.48. The average Bonchev–Trinajstić information content (AvgIpc) is 3.34. The molecule has 0 saturated carbocycles. The summed E-state index contributed by atoms with van der Waals surface area (Å²) in [5, 5.41) is 12.5. The van der Waals surface area contributed by atoms with Crippen molar-refractivity contribution in [2.45, 2.75) is 64.3 Å². The zero-order valence-electron chi connectivity index (χ0n) is 18.4. The van der Waals surface area contributed by atoms with Crippen LogP contribution in [0.1, 0.15) is 56.5 Å². The molecule has 1 aromatic heterocycles. The van der Waals surface area contributed by atoms with Gasteiger partial charge in [-0.15, -0.1) is 10.2 Å². The normalized spacial score (nSPS) is 20.2. The Bertz CT molecular complexity index is 918. The second-order valence-electron chi connectivity index (χ2n) is 8.29. The summed E-state index contributed by atoms with van der Waals surface area (Å²) in [5.74, 6) is 0.939. The minimum atomic E-state index is -0.436. The Morgan fingerprint density at radius 2 is 2.06 bits per heavy atom. The molecule has 2 aliphatic heterocycles. The highest BCUT2D eigenvalue weighted by Crippen LogP contribution is 2.38. The highest BCUT2D eigenvalue weighted by molar-refractivity contribution is 5.77. The smallest absolute Gasteiger partial charge is 0.407 e. The second-order valence-corrected chi connectivity index (χ2v) is 8.29. The zero-order chi connectivity index (χ0) is 22.5. The summed E-state index contributed by atoms with van der Waals surface area (Å²) in [5.41, 5.74) is 1.02. The number of ether oxygens (including phenoxy) is 1. The predicted octanol–water partition coefficient (Wildman–Crippen LogP) is 3.21. The molecule has 2 bridgehead atoms. The fourth-order valence-electron chi connectivity index (χ4n) is 3.96. The van der Waals surface area contributed by atoms with Gasteiger partial charge in [0.2, 0.25) is 11.8 Å². The van der Waals surface area contributed by atoms with Gasteiger partial charge in [0.15, 0.2) is 0 Å². The molecule has 1 aromatic carbocycles. The molecule has 2 saturated heterocycles. The van der Waals surface area contributed by atoms with Crippen molar-refractivity contribution in [3.05, 3.63) is 47.7 Å². The highest BCUT2D eigenvalue weighted by atomic mass is 16.7. The Balaban J connectivity index is 1.28. The molecule has 172 valence electrons. The number of amides is 3. The van der Waals surface area contributed by atoms with Crippen LogP contribution in [0.2, 0.25) is 0 Å². The Labute approximate surface area is 186 Å². The summed E-state index contributed by atoms with van der Waals surface area (Å²) in [6.07, 6.45) is 2.13. The summed E-state index contributed by atoms with van der Waals surface area (Å²) in [6, 6.07) is 9.40.